The largest absolute Gasteiger partial charge is 0.508 e. The van der Waals surface area contributed by atoms with Gasteiger partial charge < -0.3 is 19.3 Å². The van der Waals surface area contributed by atoms with Gasteiger partial charge in [-0.2, -0.15) is 0 Å². The van der Waals surface area contributed by atoms with Crippen molar-refractivity contribution in [1.29, 1.82) is 0 Å². The standard InChI is InChI=1S/C30H34O6/c1-30(2,3)27-20-24(32)12-17-28(27)36-29(33)23-10-15-26(16-11-23)35-19-7-5-4-6-18-34-25-13-8-22(21-31)9-14-25/h8-17,20-21,32H,4-7,18-19H2,1-3H3. The lowest BCUT2D eigenvalue weighted by Gasteiger charge is -2.22. The van der Waals surface area contributed by atoms with Crippen LogP contribution < -0.4 is 14.2 Å². The van der Waals surface area contributed by atoms with E-state index in [9.17, 15) is 14.7 Å². The number of benzene rings is 3. The van der Waals surface area contributed by atoms with Crippen molar-refractivity contribution in [3.05, 3.63) is 83.4 Å². The monoisotopic (exact) mass is 490 g/mol. The molecule has 0 saturated heterocycles. The number of aldehydes is 1. The van der Waals surface area contributed by atoms with E-state index in [2.05, 4.69) is 0 Å². The van der Waals surface area contributed by atoms with E-state index in [1.54, 1.807) is 60.7 Å². The summed E-state index contributed by atoms with van der Waals surface area (Å²) in [7, 11) is 0. The molecule has 3 rings (SSSR count). The Morgan fingerprint density at radius 3 is 1.89 bits per heavy atom. The predicted molar refractivity (Wildman–Crippen MR) is 139 cm³/mol. The number of phenols is 1. The molecule has 0 amide bonds. The summed E-state index contributed by atoms with van der Waals surface area (Å²) >= 11 is 0. The zero-order valence-electron chi connectivity index (χ0n) is 21.2. The average molecular weight is 491 g/mol. The summed E-state index contributed by atoms with van der Waals surface area (Å²) in [6.45, 7) is 7.22. The van der Waals surface area contributed by atoms with Crippen molar-refractivity contribution in [2.45, 2.75) is 51.9 Å². The van der Waals surface area contributed by atoms with Crippen LogP contribution in [0.1, 0.15) is 72.7 Å². The minimum atomic E-state index is -0.459. The summed E-state index contributed by atoms with van der Waals surface area (Å²) in [4.78, 5) is 23.3. The van der Waals surface area contributed by atoms with Crippen molar-refractivity contribution in [3.8, 4) is 23.0 Å². The summed E-state index contributed by atoms with van der Waals surface area (Å²) in [5.74, 6) is 1.59. The van der Waals surface area contributed by atoms with Crippen LogP contribution in [0.5, 0.6) is 23.0 Å². The third-order valence-electron chi connectivity index (χ3n) is 5.66. The van der Waals surface area contributed by atoms with E-state index >= 15 is 0 Å². The van der Waals surface area contributed by atoms with Crippen molar-refractivity contribution in [3.63, 3.8) is 0 Å². The topological polar surface area (TPSA) is 82.1 Å². The molecule has 0 spiro atoms. The third kappa shape index (κ3) is 8.15. The molecule has 0 fully saturated rings. The summed E-state index contributed by atoms with van der Waals surface area (Å²) < 4.78 is 17.1. The SMILES string of the molecule is CC(C)(C)c1cc(O)ccc1OC(=O)c1ccc(OCCCCCCOc2ccc(C=O)cc2)cc1. The minimum Gasteiger partial charge on any atom is -0.508 e. The maximum atomic E-state index is 12.6. The highest BCUT2D eigenvalue weighted by Gasteiger charge is 2.22. The highest BCUT2D eigenvalue weighted by Crippen LogP contribution is 2.34. The minimum absolute atomic E-state index is 0.136. The van der Waals surface area contributed by atoms with Crippen LogP contribution >= 0.6 is 0 Å². The van der Waals surface area contributed by atoms with Gasteiger partial charge in [0.1, 0.15) is 29.3 Å². The van der Waals surface area contributed by atoms with Gasteiger partial charge in [-0.3, -0.25) is 4.79 Å². The number of hydrogen-bond acceptors (Lipinski definition) is 6. The van der Waals surface area contributed by atoms with Gasteiger partial charge in [-0.05, 0) is 97.8 Å². The fourth-order valence-corrected chi connectivity index (χ4v) is 3.62. The Balaban J connectivity index is 1.36. The van der Waals surface area contributed by atoms with Crippen LogP contribution in [-0.2, 0) is 5.41 Å². The van der Waals surface area contributed by atoms with E-state index in [4.69, 9.17) is 14.2 Å². The van der Waals surface area contributed by atoms with E-state index in [-0.39, 0.29) is 11.2 Å². The van der Waals surface area contributed by atoms with Gasteiger partial charge in [0.15, 0.2) is 0 Å². The van der Waals surface area contributed by atoms with Gasteiger partial charge in [0.05, 0.1) is 18.8 Å². The lowest BCUT2D eigenvalue weighted by molar-refractivity contribution is 0.0731. The Morgan fingerprint density at radius 2 is 1.36 bits per heavy atom. The first-order chi connectivity index (χ1) is 17.3. The maximum absolute atomic E-state index is 12.6. The molecule has 6 heteroatoms. The molecule has 0 aliphatic heterocycles. The normalized spacial score (nSPS) is 11.1. The van der Waals surface area contributed by atoms with Crippen molar-refractivity contribution in [1.82, 2.24) is 0 Å². The van der Waals surface area contributed by atoms with Crippen LogP contribution in [0.2, 0.25) is 0 Å². The van der Waals surface area contributed by atoms with Gasteiger partial charge in [0.2, 0.25) is 0 Å². The number of aromatic hydroxyl groups is 1. The number of phenolic OH excluding ortho intramolecular Hbond substituents is 1. The average Bonchev–Trinajstić information content (AvgIpc) is 2.86. The van der Waals surface area contributed by atoms with E-state index in [0.29, 0.717) is 35.8 Å². The highest BCUT2D eigenvalue weighted by atomic mass is 16.5. The molecular formula is C30H34O6. The first-order valence-corrected chi connectivity index (χ1v) is 12.2. The van der Waals surface area contributed by atoms with Crippen LogP contribution in [0, 0.1) is 0 Å². The lowest BCUT2D eigenvalue weighted by Crippen LogP contribution is -2.16. The number of ether oxygens (including phenoxy) is 3. The molecule has 1 N–H and O–H groups in total. The second-order valence-electron chi connectivity index (χ2n) is 9.64. The first kappa shape index (κ1) is 26.8. The molecule has 0 saturated carbocycles. The predicted octanol–water partition coefficient (Wildman–Crippen LogP) is 6.74. The zero-order valence-corrected chi connectivity index (χ0v) is 21.2. The molecule has 3 aromatic rings. The Bertz CT molecular complexity index is 1130. The molecule has 3 aromatic carbocycles. The fraction of sp³-hybridized carbons (Fsp3) is 0.333. The fourth-order valence-electron chi connectivity index (χ4n) is 3.62. The molecule has 6 nitrogen and oxygen atoms in total. The van der Waals surface area contributed by atoms with Crippen molar-refractivity contribution in [2.75, 3.05) is 13.2 Å². The Labute approximate surface area is 212 Å². The Morgan fingerprint density at radius 1 is 0.806 bits per heavy atom. The lowest BCUT2D eigenvalue weighted by atomic mass is 9.86. The molecule has 0 aromatic heterocycles. The van der Waals surface area contributed by atoms with E-state index < -0.39 is 5.97 Å². The number of carbonyl (C=O) groups excluding carboxylic acids is 2. The molecule has 0 atom stereocenters. The quantitative estimate of drug-likeness (QED) is 0.131. The zero-order chi connectivity index (χ0) is 26.0. The number of hydrogen-bond donors (Lipinski definition) is 1. The molecule has 0 aliphatic carbocycles. The number of rotatable bonds is 12. The van der Waals surface area contributed by atoms with Crippen LogP contribution in [0.25, 0.3) is 0 Å². The Hall–Kier alpha value is -3.80. The molecule has 36 heavy (non-hydrogen) atoms. The first-order valence-electron chi connectivity index (χ1n) is 12.2. The van der Waals surface area contributed by atoms with Gasteiger partial charge in [-0.15, -0.1) is 0 Å². The molecular weight excluding hydrogens is 456 g/mol. The van der Waals surface area contributed by atoms with Gasteiger partial charge in [0.25, 0.3) is 0 Å². The second-order valence-corrected chi connectivity index (χ2v) is 9.64. The summed E-state index contributed by atoms with van der Waals surface area (Å²) in [5, 5.41) is 9.81. The van der Waals surface area contributed by atoms with Crippen LogP contribution in [0.15, 0.2) is 66.7 Å². The van der Waals surface area contributed by atoms with Crippen LogP contribution in [0.4, 0.5) is 0 Å². The molecule has 190 valence electrons. The maximum Gasteiger partial charge on any atom is 0.343 e. The van der Waals surface area contributed by atoms with Crippen LogP contribution in [-0.4, -0.2) is 30.6 Å². The molecule has 0 aliphatic rings. The highest BCUT2D eigenvalue weighted by molar-refractivity contribution is 5.91. The second kappa shape index (κ2) is 12.8. The van der Waals surface area contributed by atoms with Gasteiger partial charge in [0, 0.05) is 11.1 Å². The third-order valence-corrected chi connectivity index (χ3v) is 5.66. The molecule has 0 unspecified atom stereocenters. The Kier molecular flexibility index (Phi) is 9.51. The van der Waals surface area contributed by atoms with Crippen molar-refractivity contribution < 1.29 is 28.9 Å². The van der Waals surface area contributed by atoms with E-state index in [1.165, 1.54) is 6.07 Å². The van der Waals surface area contributed by atoms with E-state index in [0.717, 1.165) is 43.3 Å². The summed E-state index contributed by atoms with van der Waals surface area (Å²) in [6, 6.07) is 18.8. The van der Waals surface area contributed by atoms with Crippen molar-refractivity contribution in [2.24, 2.45) is 0 Å². The summed E-state index contributed by atoms with van der Waals surface area (Å²) in [5.41, 5.74) is 1.54. The van der Waals surface area contributed by atoms with Crippen LogP contribution in [0.3, 0.4) is 0 Å². The molecule has 0 radical (unpaired) electrons. The molecule has 0 heterocycles. The van der Waals surface area contributed by atoms with Crippen molar-refractivity contribution >= 4 is 12.3 Å². The van der Waals surface area contributed by atoms with Gasteiger partial charge in [-0.1, -0.05) is 20.8 Å². The number of esters is 1. The summed E-state index contributed by atoms with van der Waals surface area (Å²) in [6.07, 6.45) is 4.75. The number of carbonyl (C=O) groups is 2. The van der Waals surface area contributed by atoms with E-state index in [1.807, 2.05) is 20.8 Å². The van der Waals surface area contributed by atoms with Gasteiger partial charge >= 0.3 is 5.97 Å². The number of unbranched alkanes of at least 4 members (excludes halogenated alkanes) is 3. The van der Waals surface area contributed by atoms with Gasteiger partial charge in [-0.25, -0.2) is 4.79 Å². The molecule has 0 bridgehead atoms. The smallest absolute Gasteiger partial charge is 0.343 e.